The molecule has 1 rings (SSSR count). The van der Waals surface area contributed by atoms with Gasteiger partial charge in [0.05, 0.1) is 0 Å². The average molecular weight is 141 g/mol. The van der Waals surface area contributed by atoms with Gasteiger partial charge >= 0.3 is 0 Å². The average Bonchev–Trinajstić information content (AvgIpc) is 1.90. The number of hydrogen-bond donors (Lipinski definition) is 0. The SMILES string of the molecule is [PH]Sc1ccccc1. The van der Waals surface area contributed by atoms with E-state index in [9.17, 15) is 0 Å². The zero-order valence-corrected chi connectivity index (χ0v) is 6.11. The molecule has 0 spiro atoms. The predicted molar refractivity (Wildman–Crippen MR) is 40.6 cm³/mol. The van der Waals surface area contributed by atoms with E-state index in [2.05, 4.69) is 20.6 Å². The van der Waals surface area contributed by atoms with E-state index in [1.807, 2.05) is 18.2 Å². The second-order valence-corrected chi connectivity index (χ2v) is 2.70. The van der Waals surface area contributed by atoms with E-state index in [1.54, 1.807) is 11.4 Å². The topological polar surface area (TPSA) is 0 Å². The maximum Gasteiger partial charge on any atom is 0.0117 e. The fraction of sp³-hybridized carbons (Fsp3) is 0. The summed E-state index contributed by atoms with van der Waals surface area (Å²) in [5.74, 6) is 0. The van der Waals surface area contributed by atoms with Crippen LogP contribution < -0.4 is 0 Å². The highest BCUT2D eigenvalue weighted by atomic mass is 32.7. The summed E-state index contributed by atoms with van der Waals surface area (Å²) in [6.07, 6.45) is 0. The molecule has 0 aliphatic heterocycles. The van der Waals surface area contributed by atoms with E-state index in [-0.39, 0.29) is 0 Å². The predicted octanol–water partition coefficient (Wildman–Crippen LogP) is 2.84. The maximum atomic E-state index is 3.32. The molecule has 1 radical (unpaired) electrons. The Morgan fingerprint density at radius 3 is 2.12 bits per heavy atom. The minimum atomic E-state index is 1.24. The Morgan fingerprint density at radius 1 is 1.12 bits per heavy atom. The minimum Gasteiger partial charge on any atom is -0.0967 e. The van der Waals surface area contributed by atoms with E-state index in [1.165, 1.54) is 4.90 Å². The van der Waals surface area contributed by atoms with Crippen molar-refractivity contribution in [2.24, 2.45) is 0 Å². The van der Waals surface area contributed by atoms with Gasteiger partial charge in [0.15, 0.2) is 0 Å². The molecule has 2 heteroatoms. The Bertz CT molecular complexity index is 150. The van der Waals surface area contributed by atoms with Gasteiger partial charge in [-0.25, -0.2) is 0 Å². The normalized spacial score (nSPS) is 9.12. The summed E-state index contributed by atoms with van der Waals surface area (Å²) in [5, 5.41) is 0. The van der Waals surface area contributed by atoms with Crippen LogP contribution in [0.5, 0.6) is 0 Å². The van der Waals surface area contributed by atoms with Gasteiger partial charge in [-0.1, -0.05) is 29.6 Å². The summed E-state index contributed by atoms with van der Waals surface area (Å²) >= 11 is 1.57. The number of hydrogen-bond acceptors (Lipinski definition) is 1. The molecule has 0 heterocycles. The molecule has 1 aromatic carbocycles. The largest absolute Gasteiger partial charge is 0.0967 e. The van der Waals surface area contributed by atoms with E-state index in [4.69, 9.17) is 0 Å². The van der Waals surface area contributed by atoms with Gasteiger partial charge in [0.2, 0.25) is 0 Å². The Labute approximate surface area is 55.6 Å². The van der Waals surface area contributed by atoms with Crippen molar-refractivity contribution in [1.82, 2.24) is 0 Å². The fourth-order valence-corrected chi connectivity index (χ4v) is 1.19. The first kappa shape index (κ1) is 6.12. The molecular weight excluding hydrogens is 135 g/mol. The van der Waals surface area contributed by atoms with Crippen LogP contribution in [0.4, 0.5) is 0 Å². The Morgan fingerprint density at radius 2 is 1.75 bits per heavy atom. The van der Waals surface area contributed by atoms with E-state index < -0.39 is 0 Å². The molecular formula is C6H6PS. The molecule has 41 valence electrons. The highest BCUT2D eigenvalue weighted by molar-refractivity contribution is 8.43. The van der Waals surface area contributed by atoms with Gasteiger partial charge < -0.3 is 0 Å². The van der Waals surface area contributed by atoms with Crippen molar-refractivity contribution in [3.05, 3.63) is 30.3 Å². The van der Waals surface area contributed by atoms with Crippen LogP contribution in [0.3, 0.4) is 0 Å². The van der Waals surface area contributed by atoms with Crippen LogP contribution in [0.1, 0.15) is 0 Å². The first-order chi connectivity index (χ1) is 3.93. The van der Waals surface area contributed by atoms with Crippen molar-refractivity contribution in [2.45, 2.75) is 4.90 Å². The molecule has 0 amide bonds. The summed E-state index contributed by atoms with van der Waals surface area (Å²) in [7, 11) is 3.32. The fourth-order valence-electron chi connectivity index (χ4n) is 0.489. The zero-order chi connectivity index (χ0) is 5.82. The van der Waals surface area contributed by atoms with Gasteiger partial charge in [0, 0.05) is 4.90 Å². The summed E-state index contributed by atoms with van der Waals surface area (Å²) in [6, 6.07) is 10.1. The van der Waals surface area contributed by atoms with Crippen molar-refractivity contribution in [1.29, 1.82) is 0 Å². The molecule has 0 saturated heterocycles. The van der Waals surface area contributed by atoms with Gasteiger partial charge in [-0.2, -0.15) is 0 Å². The summed E-state index contributed by atoms with van der Waals surface area (Å²) in [6.45, 7) is 0. The highest BCUT2D eigenvalue weighted by Crippen LogP contribution is 2.22. The van der Waals surface area contributed by atoms with Crippen LogP contribution in [-0.4, -0.2) is 0 Å². The van der Waals surface area contributed by atoms with E-state index in [0.717, 1.165) is 0 Å². The van der Waals surface area contributed by atoms with E-state index in [0.29, 0.717) is 0 Å². The summed E-state index contributed by atoms with van der Waals surface area (Å²) < 4.78 is 0. The summed E-state index contributed by atoms with van der Waals surface area (Å²) in [5.41, 5.74) is 0. The van der Waals surface area contributed by atoms with E-state index >= 15 is 0 Å². The molecule has 0 saturated carbocycles. The molecule has 8 heavy (non-hydrogen) atoms. The molecule has 0 unspecified atom stereocenters. The Kier molecular flexibility index (Phi) is 2.38. The van der Waals surface area contributed by atoms with Crippen LogP contribution in [-0.2, 0) is 0 Å². The smallest absolute Gasteiger partial charge is 0.0117 e. The van der Waals surface area contributed by atoms with Crippen molar-refractivity contribution in [3.8, 4) is 0 Å². The monoisotopic (exact) mass is 141 g/mol. The molecule has 0 N–H and O–H groups in total. The lowest BCUT2D eigenvalue weighted by atomic mass is 10.4. The Balaban J connectivity index is 2.83. The van der Waals surface area contributed by atoms with Crippen molar-refractivity contribution >= 4 is 19.8 Å². The molecule has 0 aromatic heterocycles. The van der Waals surface area contributed by atoms with Gasteiger partial charge in [-0.15, -0.1) is 0 Å². The summed E-state index contributed by atoms with van der Waals surface area (Å²) in [4.78, 5) is 1.24. The van der Waals surface area contributed by atoms with Crippen molar-refractivity contribution < 1.29 is 0 Å². The molecule has 0 fully saturated rings. The van der Waals surface area contributed by atoms with Crippen LogP contribution in [0.2, 0.25) is 0 Å². The van der Waals surface area contributed by atoms with Crippen LogP contribution in [0.15, 0.2) is 35.2 Å². The first-order valence-electron chi connectivity index (χ1n) is 2.32. The second kappa shape index (κ2) is 3.11. The third kappa shape index (κ3) is 1.50. The third-order valence-corrected chi connectivity index (χ3v) is 2.08. The molecule has 0 aliphatic carbocycles. The molecule has 1 aromatic rings. The molecule has 0 atom stereocenters. The van der Waals surface area contributed by atoms with Crippen molar-refractivity contribution in [2.75, 3.05) is 0 Å². The van der Waals surface area contributed by atoms with Gasteiger partial charge in [-0.3, -0.25) is 0 Å². The maximum absolute atomic E-state index is 3.32. The van der Waals surface area contributed by atoms with Crippen LogP contribution >= 0.6 is 19.8 Å². The lowest BCUT2D eigenvalue weighted by molar-refractivity contribution is 1.48. The van der Waals surface area contributed by atoms with Gasteiger partial charge in [-0.05, 0) is 20.6 Å². The highest BCUT2D eigenvalue weighted by Gasteiger charge is 1.81. The van der Waals surface area contributed by atoms with Crippen molar-refractivity contribution in [3.63, 3.8) is 0 Å². The molecule has 0 aliphatic rings. The zero-order valence-electron chi connectivity index (χ0n) is 4.29. The van der Waals surface area contributed by atoms with Gasteiger partial charge in [0.25, 0.3) is 0 Å². The number of rotatable bonds is 1. The standard InChI is InChI=1S/C6H6PS/c7-8-6-4-2-1-3-5-6/h1-5,7H. The van der Waals surface area contributed by atoms with Crippen LogP contribution in [0.25, 0.3) is 0 Å². The Hall–Kier alpha value is 0. The van der Waals surface area contributed by atoms with Gasteiger partial charge in [0.1, 0.15) is 0 Å². The number of benzene rings is 1. The minimum absolute atomic E-state index is 1.24. The first-order valence-corrected chi connectivity index (χ1v) is 4.36. The third-order valence-electron chi connectivity index (χ3n) is 0.861. The molecule has 0 bridgehead atoms. The quantitative estimate of drug-likeness (QED) is 0.542. The molecule has 0 nitrogen and oxygen atoms in total. The lowest BCUT2D eigenvalue weighted by Gasteiger charge is -1.88. The second-order valence-electron chi connectivity index (χ2n) is 1.42. The lowest BCUT2D eigenvalue weighted by Crippen LogP contribution is -1.59. The van der Waals surface area contributed by atoms with Crippen LogP contribution in [0, 0.1) is 0 Å².